The molecule has 0 aromatic carbocycles. The van der Waals surface area contributed by atoms with Crippen LogP contribution in [0, 0.1) is 5.92 Å². The summed E-state index contributed by atoms with van der Waals surface area (Å²) in [4.78, 5) is 25.2. The van der Waals surface area contributed by atoms with Crippen molar-refractivity contribution in [3.05, 3.63) is 12.2 Å². The number of hydrogen-bond donors (Lipinski definition) is 3. The van der Waals surface area contributed by atoms with E-state index < -0.39 is 11.8 Å². The number of unbranched alkanes of at least 4 members (excludes halogenated alkanes) is 9. The third-order valence-corrected chi connectivity index (χ3v) is 4.63. The average Bonchev–Trinajstić information content (AvgIpc) is 2.64. The highest BCUT2D eigenvalue weighted by atomic mass is 16.3. The van der Waals surface area contributed by atoms with Crippen LogP contribution in [0.1, 0.15) is 77.6 Å². The number of carbonyl (C=O) groups is 2. The van der Waals surface area contributed by atoms with Crippen LogP contribution < -0.4 is 5.73 Å². The SMILES string of the molecule is CCCCCCCCCCCC=CC(CC(N)=O)C(=O)N(CCO)CCO. The Bertz CT molecular complexity index is 407. The highest BCUT2D eigenvalue weighted by Gasteiger charge is 2.23. The number of nitrogens with zero attached hydrogens (tertiary/aromatic N) is 1. The van der Waals surface area contributed by atoms with Crippen molar-refractivity contribution in [3.63, 3.8) is 0 Å². The molecule has 0 aliphatic carbocycles. The molecule has 0 saturated carbocycles. The number of hydrogen-bond acceptors (Lipinski definition) is 4. The first-order chi connectivity index (χ1) is 13.1. The molecule has 0 radical (unpaired) electrons. The number of nitrogens with two attached hydrogens (primary N) is 1. The second-order valence-corrected chi connectivity index (χ2v) is 7.09. The Kier molecular flexibility index (Phi) is 17.1. The number of allylic oxidation sites excluding steroid dienone is 1. The molecule has 0 saturated heterocycles. The first kappa shape index (κ1) is 25.6. The van der Waals surface area contributed by atoms with Gasteiger partial charge in [0.15, 0.2) is 0 Å². The molecule has 0 aromatic heterocycles. The van der Waals surface area contributed by atoms with Gasteiger partial charge < -0.3 is 20.8 Å². The van der Waals surface area contributed by atoms with Crippen molar-refractivity contribution in [3.8, 4) is 0 Å². The topological polar surface area (TPSA) is 104 Å². The van der Waals surface area contributed by atoms with E-state index in [4.69, 9.17) is 15.9 Å². The molecule has 1 atom stereocenters. The van der Waals surface area contributed by atoms with Crippen molar-refractivity contribution in [2.45, 2.75) is 77.6 Å². The predicted molar refractivity (Wildman–Crippen MR) is 109 cm³/mol. The van der Waals surface area contributed by atoms with Crippen LogP contribution in [0.2, 0.25) is 0 Å². The zero-order chi connectivity index (χ0) is 20.3. The van der Waals surface area contributed by atoms with Gasteiger partial charge in [0.05, 0.1) is 19.1 Å². The zero-order valence-electron chi connectivity index (χ0n) is 17.1. The van der Waals surface area contributed by atoms with Gasteiger partial charge in [0.25, 0.3) is 0 Å². The van der Waals surface area contributed by atoms with Crippen LogP contribution in [-0.4, -0.2) is 53.2 Å². The molecule has 0 bridgehead atoms. The molecule has 0 fully saturated rings. The smallest absolute Gasteiger partial charge is 0.230 e. The third-order valence-electron chi connectivity index (χ3n) is 4.63. The highest BCUT2D eigenvalue weighted by Crippen LogP contribution is 2.13. The second-order valence-electron chi connectivity index (χ2n) is 7.09. The molecule has 1 unspecified atom stereocenters. The quantitative estimate of drug-likeness (QED) is 0.250. The molecule has 6 heteroatoms. The number of aliphatic hydroxyl groups is 2. The van der Waals surface area contributed by atoms with E-state index in [9.17, 15) is 9.59 Å². The van der Waals surface area contributed by atoms with E-state index in [-0.39, 0.29) is 38.6 Å². The van der Waals surface area contributed by atoms with Gasteiger partial charge in [-0.2, -0.15) is 0 Å². The molecule has 6 nitrogen and oxygen atoms in total. The van der Waals surface area contributed by atoms with E-state index in [1.807, 2.05) is 6.08 Å². The summed E-state index contributed by atoms with van der Waals surface area (Å²) in [6, 6.07) is 0. The fourth-order valence-electron chi connectivity index (χ4n) is 3.10. The van der Waals surface area contributed by atoms with E-state index in [1.54, 1.807) is 6.08 Å². The van der Waals surface area contributed by atoms with Gasteiger partial charge in [-0.05, 0) is 12.8 Å². The van der Waals surface area contributed by atoms with Crippen molar-refractivity contribution in [1.29, 1.82) is 0 Å². The van der Waals surface area contributed by atoms with Crippen LogP contribution in [0.4, 0.5) is 0 Å². The van der Waals surface area contributed by atoms with Gasteiger partial charge >= 0.3 is 0 Å². The summed E-state index contributed by atoms with van der Waals surface area (Å²) in [6.45, 7) is 2.14. The van der Waals surface area contributed by atoms with Crippen LogP contribution in [0.25, 0.3) is 0 Å². The van der Waals surface area contributed by atoms with Gasteiger partial charge in [0, 0.05) is 19.5 Å². The molecule has 0 aliphatic rings. The second kappa shape index (κ2) is 18.0. The molecule has 158 valence electrons. The van der Waals surface area contributed by atoms with E-state index >= 15 is 0 Å². The molecule has 4 N–H and O–H groups in total. The largest absolute Gasteiger partial charge is 0.395 e. The first-order valence-corrected chi connectivity index (χ1v) is 10.5. The molecule has 0 aliphatic heterocycles. The number of primary amides is 1. The maximum absolute atomic E-state index is 12.5. The molecule has 0 rings (SSSR count). The lowest BCUT2D eigenvalue weighted by Crippen LogP contribution is -2.40. The Morgan fingerprint density at radius 1 is 0.926 bits per heavy atom. The lowest BCUT2D eigenvalue weighted by molar-refractivity contribution is -0.137. The molecular formula is C21H40N2O4. The zero-order valence-corrected chi connectivity index (χ0v) is 17.1. The van der Waals surface area contributed by atoms with Crippen LogP contribution in [0.15, 0.2) is 12.2 Å². The van der Waals surface area contributed by atoms with E-state index in [0.29, 0.717) is 0 Å². The Balaban J connectivity index is 4.21. The van der Waals surface area contributed by atoms with Crippen LogP contribution in [-0.2, 0) is 9.59 Å². The summed E-state index contributed by atoms with van der Waals surface area (Å²) in [5.41, 5.74) is 5.27. The van der Waals surface area contributed by atoms with Crippen LogP contribution in [0.3, 0.4) is 0 Å². The Morgan fingerprint density at radius 2 is 1.44 bits per heavy atom. The minimum atomic E-state index is -0.626. The molecule has 2 amide bonds. The minimum absolute atomic E-state index is 0.0551. The van der Waals surface area contributed by atoms with Gasteiger partial charge in [-0.15, -0.1) is 0 Å². The number of aliphatic hydroxyl groups excluding tert-OH is 2. The maximum atomic E-state index is 12.5. The standard InChI is InChI=1S/C21H40N2O4/c1-2-3-4-5-6-7-8-9-10-11-12-13-19(18-20(22)26)21(27)23(14-16-24)15-17-25/h12-13,19,24-25H,2-11,14-18H2,1H3,(H2,22,26). The Hall–Kier alpha value is -1.40. The highest BCUT2D eigenvalue weighted by molar-refractivity contribution is 5.86. The molecular weight excluding hydrogens is 344 g/mol. The van der Waals surface area contributed by atoms with Crippen molar-refractivity contribution >= 4 is 11.8 Å². The van der Waals surface area contributed by atoms with Gasteiger partial charge in [-0.25, -0.2) is 0 Å². The third kappa shape index (κ3) is 14.3. The van der Waals surface area contributed by atoms with Crippen molar-refractivity contribution < 1.29 is 19.8 Å². The summed E-state index contributed by atoms with van der Waals surface area (Å²) in [6.07, 6.45) is 15.9. The summed E-state index contributed by atoms with van der Waals surface area (Å²) < 4.78 is 0. The molecule has 0 spiro atoms. The minimum Gasteiger partial charge on any atom is -0.395 e. The molecule has 0 heterocycles. The van der Waals surface area contributed by atoms with Gasteiger partial charge in [-0.1, -0.05) is 70.4 Å². The molecule has 0 aromatic rings. The van der Waals surface area contributed by atoms with Crippen LogP contribution >= 0.6 is 0 Å². The maximum Gasteiger partial charge on any atom is 0.230 e. The van der Waals surface area contributed by atoms with Crippen molar-refractivity contribution in [1.82, 2.24) is 4.90 Å². The van der Waals surface area contributed by atoms with Crippen molar-refractivity contribution in [2.24, 2.45) is 11.7 Å². The Labute approximate surface area is 164 Å². The number of rotatable bonds is 18. The lowest BCUT2D eigenvalue weighted by atomic mass is 10.0. The summed E-state index contributed by atoms with van der Waals surface area (Å²) in [5, 5.41) is 18.1. The van der Waals surface area contributed by atoms with E-state index in [0.717, 1.165) is 12.8 Å². The van der Waals surface area contributed by atoms with Gasteiger partial charge in [0.1, 0.15) is 0 Å². The van der Waals surface area contributed by atoms with E-state index in [2.05, 4.69) is 6.92 Å². The average molecular weight is 385 g/mol. The van der Waals surface area contributed by atoms with Crippen molar-refractivity contribution in [2.75, 3.05) is 26.3 Å². The summed E-state index contributed by atoms with van der Waals surface area (Å²) in [5.74, 6) is -1.44. The van der Waals surface area contributed by atoms with Crippen LogP contribution in [0.5, 0.6) is 0 Å². The summed E-state index contributed by atoms with van der Waals surface area (Å²) in [7, 11) is 0. The number of carbonyl (C=O) groups excluding carboxylic acids is 2. The molecule has 27 heavy (non-hydrogen) atoms. The monoisotopic (exact) mass is 384 g/mol. The fraction of sp³-hybridized carbons (Fsp3) is 0.810. The van der Waals surface area contributed by atoms with Gasteiger partial charge in [-0.3, -0.25) is 9.59 Å². The normalized spacial score (nSPS) is 12.4. The lowest BCUT2D eigenvalue weighted by Gasteiger charge is -2.24. The fourth-order valence-corrected chi connectivity index (χ4v) is 3.10. The predicted octanol–water partition coefficient (Wildman–Crippen LogP) is 2.77. The first-order valence-electron chi connectivity index (χ1n) is 10.5. The Morgan fingerprint density at radius 3 is 1.93 bits per heavy atom. The summed E-state index contributed by atoms with van der Waals surface area (Å²) >= 11 is 0. The number of amides is 2. The van der Waals surface area contributed by atoms with E-state index in [1.165, 1.54) is 56.3 Å². The van der Waals surface area contributed by atoms with Gasteiger partial charge in [0.2, 0.25) is 11.8 Å².